The number of hydrogen-bond acceptors (Lipinski definition) is 3. The van der Waals surface area contributed by atoms with E-state index in [1.54, 1.807) is 7.11 Å². The molecule has 0 aromatic heterocycles. The third kappa shape index (κ3) is 4.04. The van der Waals surface area contributed by atoms with Gasteiger partial charge in [0.25, 0.3) is 0 Å². The SMILES string of the molecule is COc1ccc(CNCC(=O)O)cc1C(C)(C)C. The topological polar surface area (TPSA) is 58.6 Å². The molecule has 1 aromatic rings. The van der Waals surface area contributed by atoms with Crippen molar-refractivity contribution < 1.29 is 14.6 Å². The zero-order valence-corrected chi connectivity index (χ0v) is 11.4. The lowest BCUT2D eigenvalue weighted by Gasteiger charge is -2.23. The molecule has 1 rings (SSSR count). The van der Waals surface area contributed by atoms with Gasteiger partial charge in [0.1, 0.15) is 5.75 Å². The van der Waals surface area contributed by atoms with E-state index in [0.717, 1.165) is 16.9 Å². The summed E-state index contributed by atoms with van der Waals surface area (Å²) in [5, 5.41) is 11.5. The molecule has 100 valence electrons. The van der Waals surface area contributed by atoms with Crippen molar-refractivity contribution in [3.05, 3.63) is 29.3 Å². The third-order valence-corrected chi connectivity index (χ3v) is 2.68. The Labute approximate surface area is 108 Å². The van der Waals surface area contributed by atoms with Gasteiger partial charge in [-0.2, -0.15) is 0 Å². The predicted octanol–water partition coefficient (Wildman–Crippen LogP) is 2.17. The average Bonchev–Trinajstić information content (AvgIpc) is 2.27. The smallest absolute Gasteiger partial charge is 0.317 e. The van der Waals surface area contributed by atoms with Crippen LogP contribution in [0.2, 0.25) is 0 Å². The highest BCUT2D eigenvalue weighted by atomic mass is 16.5. The van der Waals surface area contributed by atoms with E-state index in [9.17, 15) is 4.79 Å². The van der Waals surface area contributed by atoms with Crippen LogP contribution in [0.15, 0.2) is 18.2 Å². The van der Waals surface area contributed by atoms with Crippen molar-refractivity contribution in [2.24, 2.45) is 0 Å². The summed E-state index contributed by atoms with van der Waals surface area (Å²) < 4.78 is 5.36. The Bertz CT molecular complexity index is 422. The number of carboxylic acids is 1. The zero-order valence-electron chi connectivity index (χ0n) is 11.4. The molecule has 1 aromatic carbocycles. The van der Waals surface area contributed by atoms with Gasteiger partial charge in [-0.3, -0.25) is 4.79 Å². The standard InChI is InChI=1S/C14H21NO3/c1-14(2,3)11-7-10(5-6-12(11)18-4)8-15-9-13(16)17/h5-7,15H,8-9H2,1-4H3,(H,16,17). The van der Waals surface area contributed by atoms with Gasteiger partial charge < -0.3 is 15.2 Å². The fourth-order valence-corrected chi connectivity index (χ4v) is 1.76. The van der Waals surface area contributed by atoms with Crippen molar-refractivity contribution >= 4 is 5.97 Å². The predicted molar refractivity (Wildman–Crippen MR) is 71.0 cm³/mol. The lowest BCUT2D eigenvalue weighted by Crippen LogP contribution is -2.22. The van der Waals surface area contributed by atoms with Gasteiger partial charge in [0.15, 0.2) is 0 Å². The van der Waals surface area contributed by atoms with E-state index in [1.807, 2.05) is 12.1 Å². The fraction of sp³-hybridized carbons (Fsp3) is 0.500. The molecule has 0 aliphatic carbocycles. The maximum absolute atomic E-state index is 10.4. The minimum atomic E-state index is -0.848. The Hall–Kier alpha value is -1.55. The van der Waals surface area contributed by atoms with Crippen LogP contribution < -0.4 is 10.1 Å². The van der Waals surface area contributed by atoms with Gasteiger partial charge in [0.05, 0.1) is 13.7 Å². The number of benzene rings is 1. The van der Waals surface area contributed by atoms with E-state index >= 15 is 0 Å². The van der Waals surface area contributed by atoms with Crippen LogP contribution in [0, 0.1) is 0 Å². The van der Waals surface area contributed by atoms with Crippen molar-refractivity contribution in [2.45, 2.75) is 32.7 Å². The molecule has 4 heteroatoms. The molecule has 0 aliphatic heterocycles. The minimum Gasteiger partial charge on any atom is -0.496 e. The maximum atomic E-state index is 10.4. The molecule has 2 N–H and O–H groups in total. The Morgan fingerprint density at radius 3 is 2.56 bits per heavy atom. The van der Waals surface area contributed by atoms with Gasteiger partial charge >= 0.3 is 5.97 Å². The molecule has 0 unspecified atom stereocenters. The van der Waals surface area contributed by atoms with Crippen LogP contribution in [0.5, 0.6) is 5.75 Å². The second-order valence-corrected chi connectivity index (χ2v) is 5.28. The van der Waals surface area contributed by atoms with Gasteiger partial charge in [-0.1, -0.05) is 32.9 Å². The maximum Gasteiger partial charge on any atom is 0.317 e. The Kier molecular flexibility index (Phi) is 4.73. The van der Waals surface area contributed by atoms with Crippen molar-refractivity contribution in [1.29, 1.82) is 0 Å². The van der Waals surface area contributed by atoms with Crippen LogP contribution in [0.3, 0.4) is 0 Å². The second kappa shape index (κ2) is 5.87. The number of aliphatic carboxylic acids is 1. The number of hydrogen-bond donors (Lipinski definition) is 2. The molecule has 0 bridgehead atoms. The van der Waals surface area contributed by atoms with Crippen LogP contribution >= 0.6 is 0 Å². The third-order valence-electron chi connectivity index (χ3n) is 2.68. The summed E-state index contributed by atoms with van der Waals surface area (Å²) in [7, 11) is 1.66. The van der Waals surface area contributed by atoms with E-state index < -0.39 is 5.97 Å². The number of ether oxygens (including phenoxy) is 1. The molecule has 0 saturated heterocycles. The zero-order chi connectivity index (χ0) is 13.8. The molecule has 0 spiro atoms. The molecule has 0 amide bonds. The summed E-state index contributed by atoms with van der Waals surface area (Å²) >= 11 is 0. The average molecular weight is 251 g/mol. The first-order valence-corrected chi connectivity index (χ1v) is 5.94. The van der Waals surface area contributed by atoms with Gasteiger partial charge in [-0.15, -0.1) is 0 Å². The monoisotopic (exact) mass is 251 g/mol. The van der Waals surface area contributed by atoms with Crippen molar-refractivity contribution in [1.82, 2.24) is 5.32 Å². The first-order chi connectivity index (χ1) is 8.34. The van der Waals surface area contributed by atoms with Crippen LogP contribution in [0.1, 0.15) is 31.9 Å². The minimum absolute atomic E-state index is 0.00580. The molecular formula is C14H21NO3. The summed E-state index contributed by atoms with van der Waals surface area (Å²) in [5.41, 5.74) is 2.18. The Morgan fingerprint density at radius 1 is 1.39 bits per heavy atom. The van der Waals surface area contributed by atoms with E-state index in [2.05, 4.69) is 32.2 Å². The summed E-state index contributed by atoms with van der Waals surface area (Å²) in [6, 6.07) is 5.94. The van der Waals surface area contributed by atoms with E-state index in [0.29, 0.717) is 6.54 Å². The molecule has 0 saturated carbocycles. The molecule has 4 nitrogen and oxygen atoms in total. The number of methoxy groups -OCH3 is 1. The highest BCUT2D eigenvalue weighted by Gasteiger charge is 2.19. The van der Waals surface area contributed by atoms with Crippen LogP contribution in [0.25, 0.3) is 0 Å². The first kappa shape index (κ1) is 14.5. The summed E-state index contributed by atoms with van der Waals surface area (Å²) in [6.45, 7) is 6.88. The second-order valence-electron chi connectivity index (χ2n) is 5.28. The number of carbonyl (C=O) groups is 1. The van der Waals surface area contributed by atoms with Gasteiger partial charge in [-0.05, 0) is 22.6 Å². The molecule has 0 fully saturated rings. The largest absolute Gasteiger partial charge is 0.496 e. The van der Waals surface area contributed by atoms with Gasteiger partial charge in [0, 0.05) is 6.54 Å². The quantitative estimate of drug-likeness (QED) is 0.842. The molecule has 0 radical (unpaired) electrons. The molecule has 18 heavy (non-hydrogen) atoms. The highest BCUT2D eigenvalue weighted by Crippen LogP contribution is 2.31. The van der Waals surface area contributed by atoms with Crippen LogP contribution in [-0.2, 0) is 16.8 Å². The normalized spacial score (nSPS) is 11.3. The lowest BCUT2D eigenvalue weighted by atomic mass is 9.85. The Balaban J connectivity index is 2.86. The Morgan fingerprint density at radius 2 is 2.06 bits per heavy atom. The number of nitrogens with one attached hydrogen (secondary N) is 1. The van der Waals surface area contributed by atoms with E-state index in [-0.39, 0.29) is 12.0 Å². The van der Waals surface area contributed by atoms with E-state index in [4.69, 9.17) is 9.84 Å². The highest BCUT2D eigenvalue weighted by molar-refractivity contribution is 5.69. The number of rotatable bonds is 5. The molecule has 0 heterocycles. The molecule has 0 aliphatic rings. The van der Waals surface area contributed by atoms with Crippen LogP contribution in [0.4, 0.5) is 0 Å². The van der Waals surface area contributed by atoms with Crippen molar-refractivity contribution in [2.75, 3.05) is 13.7 Å². The van der Waals surface area contributed by atoms with E-state index in [1.165, 1.54) is 0 Å². The summed E-state index contributed by atoms with van der Waals surface area (Å²) in [6.07, 6.45) is 0. The van der Waals surface area contributed by atoms with Crippen molar-refractivity contribution in [3.63, 3.8) is 0 Å². The van der Waals surface area contributed by atoms with Crippen LogP contribution in [-0.4, -0.2) is 24.7 Å². The number of carboxylic acid groups (broad SMARTS) is 1. The molecular weight excluding hydrogens is 230 g/mol. The first-order valence-electron chi connectivity index (χ1n) is 5.94. The lowest BCUT2D eigenvalue weighted by molar-refractivity contribution is -0.135. The van der Waals surface area contributed by atoms with Crippen molar-refractivity contribution in [3.8, 4) is 5.75 Å². The summed E-state index contributed by atoms with van der Waals surface area (Å²) in [5.74, 6) is 0.0176. The fourth-order valence-electron chi connectivity index (χ4n) is 1.76. The summed E-state index contributed by atoms with van der Waals surface area (Å²) in [4.78, 5) is 10.4. The van der Waals surface area contributed by atoms with Gasteiger partial charge in [-0.25, -0.2) is 0 Å². The molecule has 0 atom stereocenters. The van der Waals surface area contributed by atoms with Gasteiger partial charge in [0.2, 0.25) is 0 Å².